The van der Waals surface area contributed by atoms with E-state index in [1.807, 2.05) is 13.1 Å². The molecule has 8 nitrogen and oxygen atoms in total. The van der Waals surface area contributed by atoms with Crippen molar-refractivity contribution >= 4 is 28.5 Å². The molecule has 0 amide bonds. The molecule has 0 radical (unpaired) electrons. The maximum atomic E-state index is 12.7. The lowest BCUT2D eigenvalue weighted by Gasteiger charge is -2.25. The molecule has 0 unspecified atom stereocenters. The minimum absolute atomic E-state index is 0.119. The molecule has 3 N–H and O–H groups in total. The highest BCUT2D eigenvalue weighted by atomic mass is 19.4. The first kappa shape index (κ1) is 19.2. The molecule has 1 aliphatic heterocycles. The zero-order valence-corrected chi connectivity index (χ0v) is 15.9. The summed E-state index contributed by atoms with van der Waals surface area (Å²) in [5.74, 6) is 0.682. The Hall–Kier alpha value is -3.08. The van der Waals surface area contributed by atoms with Crippen molar-refractivity contribution in [3.05, 3.63) is 29.6 Å². The van der Waals surface area contributed by atoms with Crippen molar-refractivity contribution in [2.75, 3.05) is 37.9 Å². The summed E-state index contributed by atoms with van der Waals surface area (Å²) in [5, 5.41) is 6.76. The molecular formula is C18H20F3N7O. The first-order valence-electron chi connectivity index (χ1n) is 9.03. The van der Waals surface area contributed by atoms with Crippen LogP contribution in [0.1, 0.15) is 11.3 Å². The number of likely N-dealkylation sites (N-methyl/N-ethyl adjacent to an activating group) is 1. The van der Waals surface area contributed by atoms with Gasteiger partial charge in [0.2, 0.25) is 11.8 Å². The number of hydrogen-bond acceptors (Lipinski definition) is 7. The predicted octanol–water partition coefficient (Wildman–Crippen LogP) is 3.07. The standard InChI is InChI=1S/C18H20F3N7O/c1-22-14-11-3-5-23-15(11)27-17(26-14)25-13-7-10-8-28(2)6-4-12(10)24-16(13)29-9-18(19,20)21/h3,5,7H,4,6,8-9H2,1-2H3,(H3,22,23,25,26,27). The number of halogens is 3. The number of pyridine rings is 1. The van der Waals surface area contributed by atoms with Crippen LogP contribution in [0.5, 0.6) is 5.88 Å². The molecule has 0 saturated carbocycles. The molecule has 1 aliphatic rings. The third-order valence-electron chi connectivity index (χ3n) is 4.60. The van der Waals surface area contributed by atoms with Crippen LogP contribution >= 0.6 is 0 Å². The molecule has 0 spiro atoms. The predicted molar refractivity (Wildman–Crippen MR) is 103 cm³/mol. The molecule has 3 aromatic rings. The summed E-state index contributed by atoms with van der Waals surface area (Å²) in [4.78, 5) is 18.2. The molecular weight excluding hydrogens is 387 g/mol. The third-order valence-corrected chi connectivity index (χ3v) is 4.60. The number of hydrogen-bond donors (Lipinski definition) is 3. The van der Waals surface area contributed by atoms with E-state index in [1.165, 1.54) is 0 Å². The van der Waals surface area contributed by atoms with Gasteiger partial charge in [-0.05, 0) is 24.7 Å². The second-order valence-electron chi connectivity index (χ2n) is 6.85. The number of anilines is 3. The van der Waals surface area contributed by atoms with Crippen LogP contribution in [0.2, 0.25) is 0 Å². The van der Waals surface area contributed by atoms with Gasteiger partial charge in [-0.2, -0.15) is 23.1 Å². The number of aromatic amines is 1. The van der Waals surface area contributed by atoms with Gasteiger partial charge in [-0.3, -0.25) is 0 Å². The summed E-state index contributed by atoms with van der Waals surface area (Å²) in [6.07, 6.45) is -2.09. The Morgan fingerprint density at radius 2 is 2.10 bits per heavy atom. The number of H-pyrrole nitrogens is 1. The van der Waals surface area contributed by atoms with Gasteiger partial charge in [0.05, 0.1) is 11.1 Å². The van der Waals surface area contributed by atoms with Crippen LogP contribution in [0, 0.1) is 0 Å². The van der Waals surface area contributed by atoms with E-state index in [9.17, 15) is 13.2 Å². The summed E-state index contributed by atoms with van der Waals surface area (Å²) in [6, 6.07) is 3.59. The molecule has 3 aromatic heterocycles. The van der Waals surface area contributed by atoms with Crippen molar-refractivity contribution in [3.63, 3.8) is 0 Å². The van der Waals surface area contributed by atoms with Gasteiger partial charge >= 0.3 is 6.18 Å². The molecule has 0 saturated heterocycles. The molecule has 154 valence electrons. The van der Waals surface area contributed by atoms with Crippen LogP contribution in [0.3, 0.4) is 0 Å². The second-order valence-corrected chi connectivity index (χ2v) is 6.85. The summed E-state index contributed by atoms with van der Waals surface area (Å²) in [5.41, 5.74) is 2.55. The summed E-state index contributed by atoms with van der Waals surface area (Å²) in [7, 11) is 3.71. The molecule has 0 aromatic carbocycles. The Morgan fingerprint density at radius 3 is 2.86 bits per heavy atom. The number of alkyl halides is 3. The van der Waals surface area contributed by atoms with E-state index in [0.29, 0.717) is 24.4 Å². The normalized spacial score (nSPS) is 14.7. The van der Waals surface area contributed by atoms with E-state index < -0.39 is 12.8 Å². The number of nitrogens with one attached hydrogen (secondary N) is 3. The highest BCUT2D eigenvalue weighted by Crippen LogP contribution is 2.32. The molecule has 4 rings (SSSR count). The minimum atomic E-state index is -4.46. The number of ether oxygens (including phenoxy) is 1. The van der Waals surface area contributed by atoms with Gasteiger partial charge in [-0.25, -0.2) is 4.98 Å². The fraction of sp³-hybridized carbons (Fsp3) is 0.389. The fourth-order valence-corrected chi connectivity index (χ4v) is 3.25. The summed E-state index contributed by atoms with van der Waals surface area (Å²) >= 11 is 0. The van der Waals surface area contributed by atoms with Crippen molar-refractivity contribution in [1.82, 2.24) is 24.8 Å². The molecule has 0 aliphatic carbocycles. The molecule has 0 atom stereocenters. The van der Waals surface area contributed by atoms with E-state index in [-0.39, 0.29) is 17.5 Å². The molecule has 4 heterocycles. The zero-order valence-electron chi connectivity index (χ0n) is 15.9. The highest BCUT2D eigenvalue weighted by Gasteiger charge is 2.30. The molecule has 0 bridgehead atoms. The number of aromatic nitrogens is 4. The Labute approximate surface area is 164 Å². The van der Waals surface area contributed by atoms with Gasteiger partial charge in [0, 0.05) is 32.8 Å². The number of rotatable bonds is 5. The van der Waals surface area contributed by atoms with Gasteiger partial charge in [0.15, 0.2) is 6.61 Å². The van der Waals surface area contributed by atoms with Gasteiger partial charge < -0.3 is 25.3 Å². The molecule has 29 heavy (non-hydrogen) atoms. The summed E-state index contributed by atoms with van der Waals surface area (Å²) in [6.45, 7) is 0.00409. The van der Waals surface area contributed by atoms with E-state index in [4.69, 9.17) is 4.74 Å². The van der Waals surface area contributed by atoms with Crippen molar-refractivity contribution in [1.29, 1.82) is 0 Å². The van der Waals surface area contributed by atoms with Crippen LogP contribution in [-0.2, 0) is 13.0 Å². The van der Waals surface area contributed by atoms with Crippen molar-refractivity contribution < 1.29 is 17.9 Å². The van der Waals surface area contributed by atoms with E-state index in [1.54, 1.807) is 19.3 Å². The van der Waals surface area contributed by atoms with E-state index in [0.717, 1.165) is 23.2 Å². The largest absolute Gasteiger partial charge is 0.467 e. The maximum Gasteiger partial charge on any atom is 0.422 e. The van der Waals surface area contributed by atoms with Crippen molar-refractivity contribution in [2.45, 2.75) is 19.1 Å². The quantitative estimate of drug-likeness (QED) is 0.599. The van der Waals surface area contributed by atoms with Crippen LogP contribution in [0.25, 0.3) is 11.0 Å². The Bertz CT molecular complexity index is 1030. The van der Waals surface area contributed by atoms with E-state index in [2.05, 4.69) is 35.5 Å². The average molecular weight is 407 g/mol. The van der Waals surface area contributed by atoms with Crippen LogP contribution in [-0.4, -0.2) is 58.3 Å². The third kappa shape index (κ3) is 4.19. The Balaban J connectivity index is 1.71. The SMILES string of the molecule is CNc1nc(Nc2cc3c(nc2OCC(F)(F)F)CCN(C)C3)nc2[nH]ccc12. The lowest BCUT2D eigenvalue weighted by Crippen LogP contribution is -2.28. The van der Waals surface area contributed by atoms with Crippen LogP contribution in [0.15, 0.2) is 18.3 Å². The molecule has 11 heteroatoms. The van der Waals surface area contributed by atoms with Gasteiger partial charge in [-0.15, -0.1) is 0 Å². The maximum absolute atomic E-state index is 12.7. The first-order valence-corrected chi connectivity index (χ1v) is 9.03. The monoisotopic (exact) mass is 407 g/mol. The zero-order chi connectivity index (χ0) is 20.6. The number of nitrogens with zero attached hydrogens (tertiary/aromatic N) is 4. The van der Waals surface area contributed by atoms with Gasteiger partial charge in [-0.1, -0.05) is 0 Å². The Morgan fingerprint density at radius 1 is 1.28 bits per heavy atom. The van der Waals surface area contributed by atoms with Crippen LogP contribution in [0.4, 0.5) is 30.6 Å². The van der Waals surface area contributed by atoms with Gasteiger partial charge in [0.25, 0.3) is 0 Å². The smallest absolute Gasteiger partial charge is 0.422 e. The lowest BCUT2D eigenvalue weighted by molar-refractivity contribution is -0.154. The van der Waals surface area contributed by atoms with Gasteiger partial charge in [0.1, 0.15) is 17.2 Å². The van der Waals surface area contributed by atoms with E-state index >= 15 is 0 Å². The topological polar surface area (TPSA) is 91.0 Å². The molecule has 0 fully saturated rings. The van der Waals surface area contributed by atoms with Crippen molar-refractivity contribution in [2.24, 2.45) is 0 Å². The average Bonchev–Trinajstić information content (AvgIpc) is 3.13. The summed E-state index contributed by atoms with van der Waals surface area (Å²) < 4.78 is 43.1. The van der Waals surface area contributed by atoms with Crippen molar-refractivity contribution in [3.8, 4) is 5.88 Å². The second kappa shape index (κ2) is 7.39. The first-order chi connectivity index (χ1) is 13.8. The van der Waals surface area contributed by atoms with Crippen LogP contribution < -0.4 is 15.4 Å². The minimum Gasteiger partial charge on any atom is -0.467 e. The highest BCUT2D eigenvalue weighted by molar-refractivity contribution is 5.88. The fourth-order valence-electron chi connectivity index (χ4n) is 3.25. The Kier molecular flexibility index (Phi) is 4.91. The number of fused-ring (bicyclic) bond motifs is 2. The lowest BCUT2D eigenvalue weighted by atomic mass is 10.1.